The molecule has 0 aromatic heterocycles. The van der Waals surface area contributed by atoms with Gasteiger partial charge in [0.15, 0.2) is 0 Å². The summed E-state index contributed by atoms with van der Waals surface area (Å²) in [6, 6.07) is 0. The van der Waals surface area contributed by atoms with E-state index >= 15 is 0 Å². The van der Waals surface area contributed by atoms with Crippen LogP contribution in [0.15, 0.2) is 0 Å². The lowest BCUT2D eigenvalue weighted by Crippen LogP contribution is -2.12. The topological polar surface area (TPSA) is 0 Å². The Morgan fingerprint density at radius 1 is 0.233 bits per heavy atom. The van der Waals surface area contributed by atoms with E-state index in [1.165, 1.54) is 231 Å². The molecule has 0 aliphatic heterocycles. The van der Waals surface area contributed by atoms with E-state index in [0.29, 0.717) is 0 Å². The summed E-state index contributed by atoms with van der Waals surface area (Å²) in [5.41, 5.74) is 0. The van der Waals surface area contributed by atoms with Crippen LogP contribution in [0.5, 0.6) is 0 Å². The molecule has 43 heavy (non-hydrogen) atoms. The van der Waals surface area contributed by atoms with Crippen molar-refractivity contribution >= 4 is 0 Å². The van der Waals surface area contributed by atoms with E-state index in [2.05, 4.69) is 34.1 Å². The summed E-state index contributed by atoms with van der Waals surface area (Å²) in [6.07, 6.45) is 55.5. The van der Waals surface area contributed by atoms with Crippen molar-refractivity contribution < 1.29 is 0 Å². The van der Waals surface area contributed by atoms with Crippen molar-refractivity contribution in [3.8, 4) is 0 Å². The average molecular weight is 604 g/mol. The zero-order valence-corrected chi connectivity index (χ0v) is 31.2. The second-order valence-corrected chi connectivity index (χ2v) is 14.8. The first-order valence-electron chi connectivity index (χ1n) is 21.1. The molecule has 0 fully saturated rings. The van der Waals surface area contributed by atoms with Crippen LogP contribution in [0.1, 0.15) is 259 Å². The third kappa shape index (κ3) is 34.7. The molecule has 0 saturated carbocycles. The molecule has 0 atom stereocenters. The molecule has 0 aromatic carbocycles. The van der Waals surface area contributed by atoms with E-state index in [1.54, 1.807) is 0 Å². The van der Waals surface area contributed by atoms with E-state index in [-0.39, 0.29) is 0 Å². The van der Waals surface area contributed by atoms with Gasteiger partial charge in [-0.05, 0) is 18.3 Å². The minimum atomic E-state index is 0.897. The first-order valence-corrected chi connectivity index (χ1v) is 21.1. The van der Waals surface area contributed by atoms with Gasteiger partial charge >= 0.3 is 0 Å². The normalized spacial score (nSPS) is 11.9. The van der Waals surface area contributed by atoms with Crippen molar-refractivity contribution in [3.05, 3.63) is 6.42 Å². The summed E-state index contributed by atoms with van der Waals surface area (Å²) in [4.78, 5) is 0. The fraction of sp³-hybridized carbons (Fsp3) is 0.977. The quantitative estimate of drug-likeness (QED) is 0.0616. The van der Waals surface area contributed by atoms with Crippen LogP contribution in [-0.2, 0) is 0 Å². The highest BCUT2D eigenvalue weighted by molar-refractivity contribution is 4.84. The lowest BCUT2D eigenvalue weighted by molar-refractivity contribution is 0.363. The number of hydrogen-bond acceptors (Lipinski definition) is 0. The fourth-order valence-electron chi connectivity index (χ4n) is 7.22. The first-order chi connectivity index (χ1) is 21.3. The summed E-state index contributed by atoms with van der Waals surface area (Å²) in [7, 11) is 0. The van der Waals surface area contributed by atoms with Crippen LogP contribution < -0.4 is 0 Å². The highest BCUT2D eigenvalue weighted by Gasteiger charge is 2.17. The molecule has 1 radical (unpaired) electrons. The fourth-order valence-corrected chi connectivity index (χ4v) is 7.22. The van der Waals surface area contributed by atoms with E-state index in [1.807, 2.05) is 0 Å². The maximum Gasteiger partial charge on any atom is -0.0324 e. The molecule has 0 N–H and O–H groups in total. The second-order valence-electron chi connectivity index (χ2n) is 14.8. The highest BCUT2D eigenvalue weighted by Crippen LogP contribution is 2.30. The Morgan fingerprint density at radius 2 is 0.395 bits per heavy atom. The zero-order chi connectivity index (χ0) is 31.3. The minimum Gasteiger partial charge on any atom is -0.0654 e. The van der Waals surface area contributed by atoms with E-state index in [9.17, 15) is 0 Å². The van der Waals surface area contributed by atoms with Gasteiger partial charge in [0.25, 0.3) is 0 Å². The Balaban J connectivity index is 4.68. The molecular weight excluding hydrogens is 516 g/mol. The molecule has 0 aromatic rings. The molecule has 0 saturated heterocycles. The van der Waals surface area contributed by atoms with Crippen LogP contribution in [-0.4, -0.2) is 0 Å². The van der Waals surface area contributed by atoms with Crippen LogP contribution in [0.2, 0.25) is 0 Å². The lowest BCUT2D eigenvalue weighted by atomic mass is 9.81. The third-order valence-electron chi connectivity index (χ3n) is 10.3. The average Bonchev–Trinajstić information content (AvgIpc) is 3.01. The number of unbranched alkanes of at least 4 members (excludes halogenated alkanes) is 28. The Labute approximate surface area is 276 Å². The summed E-state index contributed by atoms with van der Waals surface area (Å²) in [6.45, 7) is 9.33. The molecular formula is C43H87. The molecule has 259 valence electrons. The van der Waals surface area contributed by atoms with Crippen LogP contribution in [0.3, 0.4) is 0 Å². The van der Waals surface area contributed by atoms with Crippen molar-refractivity contribution in [1.82, 2.24) is 0 Å². The van der Waals surface area contributed by atoms with Crippen LogP contribution in [0, 0.1) is 18.3 Å². The van der Waals surface area contributed by atoms with Gasteiger partial charge in [0.2, 0.25) is 0 Å². The smallest absolute Gasteiger partial charge is 0.0324 e. The van der Waals surface area contributed by atoms with Crippen molar-refractivity contribution in [2.75, 3.05) is 0 Å². The van der Waals surface area contributed by atoms with Gasteiger partial charge in [0, 0.05) is 0 Å². The van der Waals surface area contributed by atoms with Gasteiger partial charge in [-0.15, -0.1) is 0 Å². The summed E-state index contributed by atoms with van der Waals surface area (Å²) in [5.74, 6) is 1.79. The highest BCUT2D eigenvalue weighted by atomic mass is 14.2. The predicted molar refractivity (Wildman–Crippen MR) is 200 cm³/mol. The molecule has 0 rings (SSSR count). The van der Waals surface area contributed by atoms with Crippen molar-refractivity contribution in [2.24, 2.45) is 11.8 Å². The molecule has 0 unspecified atom stereocenters. The van der Waals surface area contributed by atoms with E-state index in [0.717, 1.165) is 11.8 Å². The van der Waals surface area contributed by atoms with Crippen molar-refractivity contribution in [1.29, 1.82) is 0 Å². The number of hydrogen-bond donors (Lipinski definition) is 0. The molecule has 0 aliphatic carbocycles. The Bertz CT molecular complexity index is 385. The van der Waals surface area contributed by atoms with Crippen LogP contribution in [0.25, 0.3) is 0 Å². The van der Waals surface area contributed by atoms with Gasteiger partial charge in [0.05, 0.1) is 0 Å². The third-order valence-corrected chi connectivity index (χ3v) is 10.3. The monoisotopic (exact) mass is 604 g/mol. The predicted octanol–water partition coefficient (Wildman–Crippen LogP) is 16.5. The van der Waals surface area contributed by atoms with Gasteiger partial charge in [-0.2, -0.15) is 0 Å². The van der Waals surface area contributed by atoms with Gasteiger partial charge in [-0.1, -0.05) is 259 Å². The minimum absolute atomic E-state index is 0.897. The maximum absolute atomic E-state index is 2.95. The van der Waals surface area contributed by atoms with Crippen LogP contribution >= 0.6 is 0 Å². The van der Waals surface area contributed by atoms with Gasteiger partial charge in [-0.3, -0.25) is 0 Å². The molecule has 0 bridgehead atoms. The van der Waals surface area contributed by atoms with Gasteiger partial charge in [0.1, 0.15) is 0 Å². The molecule has 0 aliphatic rings. The van der Waals surface area contributed by atoms with Crippen molar-refractivity contribution in [2.45, 2.75) is 259 Å². The molecule has 0 amide bonds. The summed E-state index contributed by atoms with van der Waals surface area (Å²) < 4.78 is 0. The lowest BCUT2D eigenvalue weighted by Gasteiger charge is -2.24. The van der Waals surface area contributed by atoms with E-state index < -0.39 is 0 Å². The van der Waals surface area contributed by atoms with E-state index in [4.69, 9.17) is 0 Å². The molecule has 0 spiro atoms. The Morgan fingerprint density at radius 3 is 0.581 bits per heavy atom. The second kappa shape index (κ2) is 38.2. The first kappa shape index (κ1) is 43.0. The van der Waals surface area contributed by atoms with Gasteiger partial charge in [-0.25, -0.2) is 0 Å². The molecule has 0 heteroatoms. The summed E-state index contributed by atoms with van der Waals surface area (Å²) >= 11 is 0. The molecule has 0 heterocycles. The standard InChI is InChI=1S/C43H87/c1-5-9-13-17-21-25-29-33-37-42(38-34-30-26-22-18-14-10-6-2)41-43(39-35-31-27-23-19-15-11-7-3)40-36-32-28-24-20-16-12-8-4/h41-43H,5-40H2,1-4H3. The Hall–Kier alpha value is 0. The van der Waals surface area contributed by atoms with Gasteiger partial charge < -0.3 is 0 Å². The largest absolute Gasteiger partial charge is 0.0654 e. The summed E-state index contributed by atoms with van der Waals surface area (Å²) in [5, 5.41) is 0. The zero-order valence-electron chi connectivity index (χ0n) is 31.2. The SMILES string of the molecule is CCCCCCCCCCC([CH]C(CCCCCCCCCC)CCCCCCCCCC)CCCCCCCCCC. The van der Waals surface area contributed by atoms with Crippen LogP contribution in [0.4, 0.5) is 0 Å². The molecule has 0 nitrogen and oxygen atoms in total. The Kier molecular flexibility index (Phi) is 38.2. The van der Waals surface area contributed by atoms with Crippen molar-refractivity contribution in [3.63, 3.8) is 0 Å². The number of rotatable bonds is 38. The maximum atomic E-state index is 2.95.